The zero-order valence-electron chi connectivity index (χ0n) is 14.9. The number of amides is 1. The van der Waals surface area contributed by atoms with Crippen molar-refractivity contribution in [3.05, 3.63) is 64.5 Å². The smallest absolute Gasteiger partial charge is 0.276 e. The summed E-state index contributed by atoms with van der Waals surface area (Å²) < 4.78 is 2.69. The number of halogens is 1. The van der Waals surface area contributed by atoms with Gasteiger partial charge in [0.2, 0.25) is 0 Å². The van der Waals surface area contributed by atoms with Gasteiger partial charge in [-0.25, -0.2) is 9.67 Å². The average molecular weight is 427 g/mol. The average Bonchev–Trinajstić information content (AvgIpc) is 3.10. The topological polar surface area (TPSA) is 67.2 Å². The lowest BCUT2D eigenvalue weighted by atomic mass is 10.2. The van der Waals surface area contributed by atoms with Gasteiger partial charge in [-0.3, -0.25) is 4.79 Å². The normalized spacial score (nSPS) is 14.4. The van der Waals surface area contributed by atoms with Crippen molar-refractivity contribution in [3.63, 3.8) is 0 Å². The number of hydrogen-bond donors (Lipinski definition) is 0. The second kappa shape index (κ2) is 7.48. The second-order valence-corrected chi connectivity index (χ2v) is 7.29. The van der Waals surface area contributed by atoms with Crippen LogP contribution >= 0.6 is 15.9 Å². The van der Waals surface area contributed by atoms with E-state index < -0.39 is 0 Å². The fourth-order valence-electron chi connectivity index (χ4n) is 3.18. The van der Waals surface area contributed by atoms with Gasteiger partial charge in [0.15, 0.2) is 5.69 Å². The van der Waals surface area contributed by atoms with Crippen molar-refractivity contribution >= 4 is 27.7 Å². The lowest BCUT2D eigenvalue weighted by Gasteiger charge is -2.35. The van der Waals surface area contributed by atoms with E-state index in [0.29, 0.717) is 18.8 Å². The summed E-state index contributed by atoms with van der Waals surface area (Å²) in [5, 5.41) is 8.33. The van der Waals surface area contributed by atoms with Crippen molar-refractivity contribution in [1.82, 2.24) is 24.9 Å². The first kappa shape index (κ1) is 17.7. The zero-order chi connectivity index (χ0) is 18.8. The fraction of sp³-hybridized carbons (Fsp3) is 0.263. The van der Waals surface area contributed by atoms with Crippen LogP contribution in [0.15, 0.2) is 53.1 Å². The number of anilines is 1. The Hall–Kier alpha value is -2.74. The Bertz CT molecular complexity index is 933. The third kappa shape index (κ3) is 3.57. The molecule has 0 spiro atoms. The van der Waals surface area contributed by atoms with Gasteiger partial charge in [-0.2, -0.15) is 0 Å². The van der Waals surface area contributed by atoms with Crippen molar-refractivity contribution < 1.29 is 4.79 Å². The molecule has 0 unspecified atom stereocenters. The molecule has 1 aromatic carbocycles. The molecule has 3 heterocycles. The summed E-state index contributed by atoms with van der Waals surface area (Å²) in [6.45, 7) is 4.66. The number of benzene rings is 1. The largest absolute Gasteiger partial charge is 0.353 e. The highest BCUT2D eigenvalue weighted by Crippen LogP contribution is 2.18. The third-order valence-corrected chi connectivity index (χ3v) is 5.24. The lowest BCUT2D eigenvalue weighted by Crippen LogP contribution is -2.49. The molecule has 27 heavy (non-hydrogen) atoms. The number of nitrogens with zero attached hydrogens (tertiary/aromatic N) is 6. The molecule has 0 atom stereocenters. The molecular weight excluding hydrogens is 408 g/mol. The molecule has 2 aromatic heterocycles. The first-order valence-corrected chi connectivity index (χ1v) is 9.56. The standard InChI is InChI=1S/C19H19BrN6O/c1-14-18(22-23-26(14)16-7-5-15(20)6-8-16)19(27)25-12-10-24(11-13-25)17-4-2-3-9-21-17/h2-9H,10-13H2,1H3. The van der Waals surface area contributed by atoms with Crippen LogP contribution in [0.5, 0.6) is 0 Å². The summed E-state index contributed by atoms with van der Waals surface area (Å²) in [6.07, 6.45) is 1.79. The Balaban J connectivity index is 1.47. The first-order valence-electron chi connectivity index (χ1n) is 8.77. The third-order valence-electron chi connectivity index (χ3n) is 4.71. The Kier molecular flexibility index (Phi) is 4.89. The molecule has 0 N–H and O–H groups in total. The number of hydrogen-bond acceptors (Lipinski definition) is 5. The molecule has 0 aliphatic carbocycles. The van der Waals surface area contributed by atoms with Crippen LogP contribution in [-0.2, 0) is 0 Å². The molecule has 3 aromatic rings. The predicted octanol–water partition coefficient (Wildman–Crippen LogP) is 2.70. The highest BCUT2D eigenvalue weighted by Gasteiger charge is 2.26. The molecule has 0 saturated carbocycles. The minimum Gasteiger partial charge on any atom is -0.353 e. The van der Waals surface area contributed by atoms with Gasteiger partial charge >= 0.3 is 0 Å². The molecule has 4 rings (SSSR count). The molecule has 1 saturated heterocycles. The highest BCUT2D eigenvalue weighted by molar-refractivity contribution is 9.10. The molecule has 1 fully saturated rings. The van der Waals surface area contributed by atoms with Gasteiger partial charge in [0.1, 0.15) is 5.82 Å². The van der Waals surface area contributed by atoms with Gasteiger partial charge in [0.05, 0.1) is 11.4 Å². The highest BCUT2D eigenvalue weighted by atomic mass is 79.9. The van der Waals surface area contributed by atoms with Crippen molar-refractivity contribution in [3.8, 4) is 5.69 Å². The monoisotopic (exact) mass is 426 g/mol. The summed E-state index contributed by atoms with van der Waals surface area (Å²) in [6, 6.07) is 13.6. The fourth-order valence-corrected chi connectivity index (χ4v) is 3.45. The van der Waals surface area contributed by atoms with Gasteiger partial charge in [0, 0.05) is 36.8 Å². The summed E-state index contributed by atoms with van der Waals surface area (Å²) in [4.78, 5) is 21.3. The molecule has 138 valence electrons. The Morgan fingerprint density at radius 1 is 1.04 bits per heavy atom. The van der Waals surface area contributed by atoms with Gasteiger partial charge in [-0.1, -0.05) is 27.2 Å². The first-order chi connectivity index (χ1) is 13.1. The van der Waals surface area contributed by atoms with E-state index in [1.807, 2.05) is 54.3 Å². The molecule has 1 amide bonds. The van der Waals surface area contributed by atoms with Crippen LogP contribution in [0.3, 0.4) is 0 Å². The van der Waals surface area contributed by atoms with Crippen LogP contribution in [0, 0.1) is 6.92 Å². The van der Waals surface area contributed by atoms with E-state index in [1.54, 1.807) is 10.9 Å². The Morgan fingerprint density at radius 2 is 1.78 bits per heavy atom. The zero-order valence-corrected chi connectivity index (χ0v) is 16.5. The maximum Gasteiger partial charge on any atom is 0.276 e. The van der Waals surface area contributed by atoms with E-state index in [0.717, 1.165) is 34.8 Å². The maximum absolute atomic E-state index is 12.9. The second-order valence-electron chi connectivity index (χ2n) is 6.38. The lowest BCUT2D eigenvalue weighted by molar-refractivity contribution is 0.0739. The van der Waals surface area contributed by atoms with Crippen LogP contribution in [0.4, 0.5) is 5.82 Å². The number of rotatable bonds is 3. The number of carbonyl (C=O) groups is 1. The van der Waals surface area contributed by atoms with Gasteiger partial charge in [-0.05, 0) is 43.3 Å². The van der Waals surface area contributed by atoms with Crippen LogP contribution in [-0.4, -0.2) is 57.0 Å². The number of piperazine rings is 1. The quantitative estimate of drug-likeness (QED) is 0.643. The molecular formula is C19H19BrN6O. The van der Waals surface area contributed by atoms with Gasteiger partial charge < -0.3 is 9.80 Å². The van der Waals surface area contributed by atoms with Crippen molar-refractivity contribution in [2.75, 3.05) is 31.1 Å². The summed E-state index contributed by atoms with van der Waals surface area (Å²) in [7, 11) is 0. The Labute approximate surface area is 165 Å². The SMILES string of the molecule is Cc1c(C(=O)N2CCN(c3ccccn3)CC2)nnn1-c1ccc(Br)cc1. The molecule has 1 aliphatic heterocycles. The van der Waals surface area contributed by atoms with E-state index >= 15 is 0 Å². The maximum atomic E-state index is 12.9. The number of carbonyl (C=O) groups excluding carboxylic acids is 1. The van der Waals surface area contributed by atoms with Crippen LogP contribution < -0.4 is 4.90 Å². The molecule has 7 nitrogen and oxygen atoms in total. The molecule has 1 aliphatic rings. The summed E-state index contributed by atoms with van der Waals surface area (Å²) >= 11 is 3.42. The number of aromatic nitrogens is 4. The molecule has 8 heteroatoms. The van der Waals surface area contributed by atoms with Gasteiger partial charge in [0.25, 0.3) is 5.91 Å². The van der Waals surface area contributed by atoms with Crippen LogP contribution in [0.1, 0.15) is 16.2 Å². The van der Waals surface area contributed by atoms with Crippen LogP contribution in [0.25, 0.3) is 5.69 Å². The number of pyridine rings is 1. The van der Waals surface area contributed by atoms with E-state index in [-0.39, 0.29) is 5.91 Å². The van der Waals surface area contributed by atoms with Crippen molar-refractivity contribution in [1.29, 1.82) is 0 Å². The summed E-state index contributed by atoms with van der Waals surface area (Å²) in [5.41, 5.74) is 2.03. The van der Waals surface area contributed by atoms with Gasteiger partial charge in [-0.15, -0.1) is 5.10 Å². The Morgan fingerprint density at radius 3 is 2.44 bits per heavy atom. The molecule has 0 radical (unpaired) electrons. The molecule has 0 bridgehead atoms. The minimum absolute atomic E-state index is 0.0727. The van der Waals surface area contributed by atoms with E-state index in [4.69, 9.17) is 0 Å². The van der Waals surface area contributed by atoms with E-state index in [2.05, 4.69) is 36.1 Å². The van der Waals surface area contributed by atoms with E-state index in [1.165, 1.54) is 0 Å². The van der Waals surface area contributed by atoms with E-state index in [9.17, 15) is 4.79 Å². The van der Waals surface area contributed by atoms with Crippen molar-refractivity contribution in [2.24, 2.45) is 0 Å². The predicted molar refractivity (Wildman–Crippen MR) is 106 cm³/mol. The van der Waals surface area contributed by atoms with Crippen LogP contribution in [0.2, 0.25) is 0 Å². The summed E-state index contributed by atoms with van der Waals surface area (Å²) in [5.74, 6) is 0.874. The van der Waals surface area contributed by atoms with Crippen molar-refractivity contribution in [2.45, 2.75) is 6.92 Å². The minimum atomic E-state index is -0.0727.